The van der Waals surface area contributed by atoms with E-state index >= 15 is 0 Å². The van der Waals surface area contributed by atoms with E-state index in [1.54, 1.807) is 17.0 Å². The van der Waals surface area contributed by atoms with Gasteiger partial charge in [0.05, 0.1) is 12.5 Å². The molecule has 2 rings (SSSR count). The highest BCUT2D eigenvalue weighted by Crippen LogP contribution is 2.14. The maximum absolute atomic E-state index is 12.0. The molecule has 2 amide bonds. The fraction of sp³-hybridized carbons (Fsp3) is 0.429. The van der Waals surface area contributed by atoms with Gasteiger partial charge in [-0.05, 0) is 24.1 Å². The van der Waals surface area contributed by atoms with E-state index in [4.69, 9.17) is 0 Å². The van der Waals surface area contributed by atoms with Gasteiger partial charge in [0.15, 0.2) is 0 Å². The Labute approximate surface area is 112 Å². The maximum Gasteiger partial charge on any atom is 0.227 e. The fourth-order valence-corrected chi connectivity index (χ4v) is 2.16. The molecule has 0 saturated carbocycles. The third kappa shape index (κ3) is 3.79. The lowest BCUT2D eigenvalue weighted by Gasteiger charge is -2.15. The Morgan fingerprint density at radius 2 is 2.05 bits per heavy atom. The molecule has 0 aromatic heterocycles. The van der Waals surface area contributed by atoms with Crippen molar-refractivity contribution in [2.24, 2.45) is 0 Å². The Hall–Kier alpha value is -1.88. The molecule has 1 heterocycles. The van der Waals surface area contributed by atoms with Crippen LogP contribution in [-0.2, 0) is 16.0 Å². The minimum atomic E-state index is -0.383. The number of aliphatic hydroxyl groups is 1. The lowest BCUT2D eigenvalue weighted by atomic mass is 10.1. The van der Waals surface area contributed by atoms with Crippen LogP contribution in [0.25, 0.3) is 0 Å². The Bertz CT molecular complexity index is 470. The van der Waals surface area contributed by atoms with Gasteiger partial charge in [-0.1, -0.05) is 12.1 Å². The first-order valence-corrected chi connectivity index (χ1v) is 6.37. The molecule has 0 bridgehead atoms. The van der Waals surface area contributed by atoms with E-state index in [1.165, 1.54) is 6.92 Å². The van der Waals surface area contributed by atoms with Crippen LogP contribution in [-0.4, -0.2) is 41.0 Å². The quantitative estimate of drug-likeness (QED) is 0.845. The zero-order valence-electron chi connectivity index (χ0n) is 10.9. The van der Waals surface area contributed by atoms with Crippen molar-refractivity contribution in [3.63, 3.8) is 0 Å². The molecule has 5 heteroatoms. The van der Waals surface area contributed by atoms with Gasteiger partial charge in [0.2, 0.25) is 11.8 Å². The summed E-state index contributed by atoms with van der Waals surface area (Å²) in [5.41, 5.74) is 1.63. The van der Waals surface area contributed by atoms with Crippen LogP contribution in [0.4, 0.5) is 5.69 Å². The number of benzene rings is 1. The Balaban J connectivity index is 1.92. The molecule has 2 N–H and O–H groups in total. The number of rotatable bonds is 3. The second-order valence-corrected chi connectivity index (χ2v) is 4.84. The number of aliphatic hydroxyl groups excluding tert-OH is 1. The van der Waals surface area contributed by atoms with Crippen LogP contribution < -0.4 is 5.32 Å². The zero-order chi connectivity index (χ0) is 13.8. The molecular weight excluding hydrogens is 244 g/mol. The second kappa shape index (κ2) is 5.84. The normalized spacial score (nSPS) is 18.4. The van der Waals surface area contributed by atoms with Gasteiger partial charge in [0.1, 0.15) is 0 Å². The second-order valence-electron chi connectivity index (χ2n) is 4.84. The highest BCUT2D eigenvalue weighted by atomic mass is 16.3. The van der Waals surface area contributed by atoms with Crippen molar-refractivity contribution in [2.45, 2.75) is 25.9 Å². The van der Waals surface area contributed by atoms with Crippen LogP contribution >= 0.6 is 0 Å². The van der Waals surface area contributed by atoms with Gasteiger partial charge >= 0.3 is 0 Å². The van der Waals surface area contributed by atoms with Gasteiger partial charge < -0.3 is 15.3 Å². The number of nitrogens with zero attached hydrogens (tertiary/aromatic N) is 1. The summed E-state index contributed by atoms with van der Waals surface area (Å²) >= 11 is 0. The summed E-state index contributed by atoms with van der Waals surface area (Å²) in [6.07, 6.45) is 0.603. The number of β-amino-alcohol motifs (C(OH)–C–C–N with tert-alkyl or cyclic N) is 1. The maximum atomic E-state index is 12.0. The lowest BCUT2D eigenvalue weighted by molar-refractivity contribution is -0.129. The smallest absolute Gasteiger partial charge is 0.227 e. The fourth-order valence-electron chi connectivity index (χ4n) is 2.16. The van der Waals surface area contributed by atoms with Crippen molar-refractivity contribution in [1.82, 2.24) is 4.90 Å². The number of hydrogen-bond acceptors (Lipinski definition) is 3. The van der Waals surface area contributed by atoms with E-state index in [1.807, 2.05) is 12.1 Å². The third-order valence-electron chi connectivity index (χ3n) is 3.15. The van der Waals surface area contributed by atoms with Gasteiger partial charge in [-0.15, -0.1) is 0 Å². The van der Waals surface area contributed by atoms with Gasteiger partial charge in [-0.25, -0.2) is 0 Å². The molecule has 1 aromatic carbocycles. The molecule has 1 aliphatic rings. The highest BCUT2D eigenvalue weighted by Gasteiger charge is 2.24. The van der Waals surface area contributed by atoms with E-state index in [0.717, 1.165) is 11.3 Å². The van der Waals surface area contributed by atoms with Crippen molar-refractivity contribution < 1.29 is 14.7 Å². The van der Waals surface area contributed by atoms with Crippen molar-refractivity contribution in [2.75, 3.05) is 18.4 Å². The summed E-state index contributed by atoms with van der Waals surface area (Å²) in [5.74, 6) is -0.0845. The number of carbonyl (C=O) groups excluding carboxylic acids is 2. The van der Waals surface area contributed by atoms with E-state index in [9.17, 15) is 14.7 Å². The SMILES string of the molecule is CC(=O)Nc1ccc(CC(=O)N2CCC(O)C2)cc1. The van der Waals surface area contributed by atoms with Crippen molar-refractivity contribution in [3.05, 3.63) is 29.8 Å². The first kappa shape index (κ1) is 13.5. The van der Waals surface area contributed by atoms with E-state index in [-0.39, 0.29) is 17.9 Å². The number of hydrogen-bond donors (Lipinski definition) is 2. The summed E-state index contributed by atoms with van der Waals surface area (Å²) in [5, 5.41) is 12.1. The number of likely N-dealkylation sites (tertiary alicyclic amines) is 1. The monoisotopic (exact) mass is 262 g/mol. The molecule has 0 aliphatic carbocycles. The standard InChI is InChI=1S/C14H18N2O3/c1-10(17)15-12-4-2-11(3-5-12)8-14(19)16-7-6-13(18)9-16/h2-5,13,18H,6-9H2,1H3,(H,15,17). The number of anilines is 1. The summed E-state index contributed by atoms with van der Waals surface area (Å²) in [6, 6.07) is 7.22. The van der Waals surface area contributed by atoms with E-state index in [2.05, 4.69) is 5.32 Å². The molecule has 102 valence electrons. The van der Waals surface area contributed by atoms with Gasteiger partial charge in [-0.2, -0.15) is 0 Å². The molecule has 0 spiro atoms. The zero-order valence-corrected chi connectivity index (χ0v) is 10.9. The molecule has 1 fully saturated rings. The van der Waals surface area contributed by atoms with E-state index < -0.39 is 0 Å². The first-order chi connectivity index (χ1) is 9.04. The third-order valence-corrected chi connectivity index (χ3v) is 3.15. The van der Waals surface area contributed by atoms with Crippen LogP contribution in [0.1, 0.15) is 18.9 Å². The summed E-state index contributed by atoms with van der Waals surface area (Å²) < 4.78 is 0. The topological polar surface area (TPSA) is 69.6 Å². The predicted molar refractivity (Wildman–Crippen MR) is 71.7 cm³/mol. The van der Waals surface area contributed by atoms with Crippen molar-refractivity contribution in [1.29, 1.82) is 0 Å². The Morgan fingerprint density at radius 3 is 2.58 bits per heavy atom. The molecule has 1 aromatic rings. The van der Waals surface area contributed by atoms with Gasteiger partial charge in [-0.3, -0.25) is 9.59 Å². The van der Waals surface area contributed by atoms with Crippen molar-refractivity contribution >= 4 is 17.5 Å². The minimum Gasteiger partial charge on any atom is -0.391 e. The Morgan fingerprint density at radius 1 is 1.37 bits per heavy atom. The first-order valence-electron chi connectivity index (χ1n) is 6.37. The molecule has 1 atom stereocenters. The molecule has 19 heavy (non-hydrogen) atoms. The average Bonchev–Trinajstić information content (AvgIpc) is 2.78. The molecule has 1 unspecified atom stereocenters. The van der Waals surface area contributed by atoms with Crippen LogP contribution in [0.3, 0.4) is 0 Å². The number of carbonyl (C=O) groups is 2. The summed E-state index contributed by atoms with van der Waals surface area (Å²) in [6.45, 7) is 2.52. The van der Waals surface area contributed by atoms with Crippen LogP contribution in [0.5, 0.6) is 0 Å². The van der Waals surface area contributed by atoms with Crippen LogP contribution in [0.15, 0.2) is 24.3 Å². The molecular formula is C14H18N2O3. The minimum absolute atomic E-state index is 0.0313. The molecule has 1 saturated heterocycles. The largest absolute Gasteiger partial charge is 0.391 e. The van der Waals surface area contributed by atoms with Gasteiger partial charge in [0.25, 0.3) is 0 Å². The molecule has 5 nitrogen and oxygen atoms in total. The summed E-state index contributed by atoms with van der Waals surface area (Å²) in [4.78, 5) is 24.5. The molecule has 0 radical (unpaired) electrons. The van der Waals surface area contributed by atoms with E-state index in [0.29, 0.717) is 25.9 Å². The van der Waals surface area contributed by atoms with Crippen molar-refractivity contribution in [3.8, 4) is 0 Å². The predicted octanol–water partition coefficient (Wildman–Crippen LogP) is 0.781. The number of amides is 2. The summed E-state index contributed by atoms with van der Waals surface area (Å²) in [7, 11) is 0. The lowest BCUT2D eigenvalue weighted by Crippen LogP contribution is -2.30. The average molecular weight is 262 g/mol. The molecule has 1 aliphatic heterocycles. The van der Waals surface area contributed by atoms with Crippen LogP contribution in [0.2, 0.25) is 0 Å². The highest BCUT2D eigenvalue weighted by molar-refractivity contribution is 5.88. The van der Waals surface area contributed by atoms with Gasteiger partial charge in [0, 0.05) is 25.7 Å². The Kier molecular flexibility index (Phi) is 4.16. The number of nitrogens with one attached hydrogen (secondary N) is 1. The van der Waals surface area contributed by atoms with Crippen LogP contribution in [0, 0.1) is 0 Å².